The molecule has 0 fully saturated rings. The van der Waals surface area contributed by atoms with E-state index in [9.17, 15) is 0 Å². The van der Waals surface area contributed by atoms with Gasteiger partial charge in [0.1, 0.15) is 6.33 Å². The van der Waals surface area contributed by atoms with Gasteiger partial charge in [-0.3, -0.25) is 0 Å². The molecule has 0 aliphatic rings. The van der Waals surface area contributed by atoms with Crippen molar-refractivity contribution in [2.75, 3.05) is 0 Å². The summed E-state index contributed by atoms with van der Waals surface area (Å²) in [6, 6.07) is 21.9. The molecule has 0 aliphatic heterocycles. The minimum absolute atomic E-state index is 1.03. The van der Waals surface area contributed by atoms with Crippen LogP contribution in [0.4, 0.5) is 0 Å². The molecule has 29 heavy (non-hydrogen) atoms. The lowest BCUT2D eigenvalue weighted by Crippen LogP contribution is -1.98. The Morgan fingerprint density at radius 1 is 0.655 bits per heavy atom. The van der Waals surface area contributed by atoms with Crippen LogP contribution in [0.5, 0.6) is 0 Å². The topological polar surface area (TPSA) is 30.2 Å². The van der Waals surface area contributed by atoms with Crippen molar-refractivity contribution >= 4 is 59.9 Å². The number of fused-ring (bicyclic) bond motifs is 9. The van der Waals surface area contributed by atoms with Gasteiger partial charge in [0, 0.05) is 21.5 Å². The first-order valence-electron chi connectivity index (χ1n) is 9.94. The lowest BCUT2D eigenvalue weighted by molar-refractivity contribution is 1.25. The van der Waals surface area contributed by atoms with E-state index in [0.717, 1.165) is 16.4 Å². The van der Waals surface area contributed by atoms with Gasteiger partial charge in [-0.25, -0.2) is 9.97 Å². The molecule has 3 nitrogen and oxygen atoms in total. The van der Waals surface area contributed by atoms with Crippen LogP contribution in [0.15, 0.2) is 67.0 Å². The maximum Gasteiger partial charge on any atom is 0.116 e. The van der Waals surface area contributed by atoms with Gasteiger partial charge in [0.15, 0.2) is 0 Å². The average Bonchev–Trinajstić information content (AvgIpc) is 3.09. The van der Waals surface area contributed by atoms with Crippen molar-refractivity contribution in [3.05, 3.63) is 78.1 Å². The summed E-state index contributed by atoms with van der Waals surface area (Å²) in [6.45, 7) is 4.36. The van der Waals surface area contributed by atoms with Gasteiger partial charge in [0.2, 0.25) is 0 Å². The Kier molecular flexibility index (Phi) is 2.63. The molecule has 3 heterocycles. The summed E-state index contributed by atoms with van der Waals surface area (Å²) in [5.41, 5.74) is 8.32. The molecule has 0 bridgehead atoms. The zero-order valence-electron chi connectivity index (χ0n) is 16.2. The van der Waals surface area contributed by atoms with Crippen molar-refractivity contribution in [3.8, 4) is 0 Å². The summed E-state index contributed by atoms with van der Waals surface area (Å²) in [4.78, 5) is 9.56. The van der Waals surface area contributed by atoms with Crippen LogP contribution >= 0.6 is 0 Å². The molecule has 0 atom stereocenters. The fraction of sp³-hybridized carbons (Fsp3) is 0.0769. The third-order valence-electron chi connectivity index (χ3n) is 6.33. The van der Waals surface area contributed by atoms with Gasteiger partial charge in [0.05, 0.1) is 33.0 Å². The zero-order chi connectivity index (χ0) is 19.3. The molecule has 0 N–H and O–H groups in total. The Bertz CT molecular complexity index is 1770. The summed E-state index contributed by atoms with van der Waals surface area (Å²) in [7, 11) is 0. The zero-order valence-corrected chi connectivity index (χ0v) is 16.2. The smallest absolute Gasteiger partial charge is 0.116 e. The second-order valence-corrected chi connectivity index (χ2v) is 8.05. The normalized spacial score (nSPS) is 12.5. The predicted molar refractivity (Wildman–Crippen MR) is 121 cm³/mol. The maximum atomic E-state index is 4.80. The Labute approximate surface area is 166 Å². The Morgan fingerprint density at radius 2 is 1.34 bits per heavy atom. The van der Waals surface area contributed by atoms with Crippen molar-refractivity contribution < 1.29 is 0 Å². The molecule has 0 spiro atoms. The second kappa shape index (κ2) is 5.00. The lowest BCUT2D eigenvalue weighted by atomic mass is 9.97. The summed E-state index contributed by atoms with van der Waals surface area (Å²) >= 11 is 0. The molecular weight excluding hydrogens is 354 g/mol. The maximum absolute atomic E-state index is 4.80. The van der Waals surface area contributed by atoms with Crippen LogP contribution in [0.2, 0.25) is 0 Å². The van der Waals surface area contributed by atoms with Crippen LogP contribution in [-0.4, -0.2) is 14.4 Å². The number of aromatic nitrogens is 3. The van der Waals surface area contributed by atoms with E-state index in [1.165, 1.54) is 54.6 Å². The van der Waals surface area contributed by atoms with E-state index < -0.39 is 0 Å². The van der Waals surface area contributed by atoms with E-state index in [-0.39, 0.29) is 0 Å². The number of benzene rings is 4. The molecule has 0 unspecified atom stereocenters. The number of hydrogen-bond donors (Lipinski definition) is 0. The monoisotopic (exact) mass is 371 g/mol. The van der Waals surface area contributed by atoms with Gasteiger partial charge >= 0.3 is 0 Å². The molecule has 7 rings (SSSR count). The number of rotatable bonds is 0. The van der Waals surface area contributed by atoms with E-state index in [1.54, 1.807) is 6.33 Å². The van der Waals surface area contributed by atoms with E-state index in [0.29, 0.717) is 0 Å². The third kappa shape index (κ3) is 1.70. The highest BCUT2D eigenvalue weighted by Crippen LogP contribution is 2.44. The Hall–Kier alpha value is -3.72. The first-order valence-corrected chi connectivity index (χ1v) is 9.94. The first kappa shape index (κ1) is 15.2. The highest BCUT2D eigenvalue weighted by Gasteiger charge is 2.22. The SMILES string of the molecule is Cc1cc(C)c2c(c1)c1ncnc3c4ccccc4c4c5ccccc5n2c4c31. The van der Waals surface area contributed by atoms with Gasteiger partial charge < -0.3 is 4.40 Å². The molecule has 3 aromatic heterocycles. The molecule has 0 saturated carbocycles. The third-order valence-corrected chi connectivity index (χ3v) is 6.33. The van der Waals surface area contributed by atoms with Crippen molar-refractivity contribution in [2.45, 2.75) is 13.8 Å². The number of aryl methyl sites for hydroxylation is 2. The van der Waals surface area contributed by atoms with Gasteiger partial charge in [-0.2, -0.15) is 0 Å². The Morgan fingerprint density at radius 3 is 2.17 bits per heavy atom. The van der Waals surface area contributed by atoms with Crippen LogP contribution in [-0.2, 0) is 0 Å². The van der Waals surface area contributed by atoms with Crippen LogP contribution in [0.3, 0.4) is 0 Å². The summed E-state index contributed by atoms with van der Waals surface area (Å²) in [5, 5.41) is 7.38. The van der Waals surface area contributed by atoms with Crippen molar-refractivity contribution in [1.82, 2.24) is 14.4 Å². The van der Waals surface area contributed by atoms with E-state index in [1.807, 2.05) is 0 Å². The molecule has 0 amide bonds. The number of para-hydroxylation sites is 1. The fourth-order valence-corrected chi connectivity index (χ4v) is 5.34. The van der Waals surface area contributed by atoms with Gasteiger partial charge in [0.25, 0.3) is 0 Å². The summed E-state index contributed by atoms with van der Waals surface area (Å²) in [5.74, 6) is 0. The predicted octanol–water partition coefficient (Wildman–Crippen LogP) is 6.55. The van der Waals surface area contributed by atoms with Crippen LogP contribution < -0.4 is 0 Å². The molecule has 7 aromatic rings. The molecule has 136 valence electrons. The fourth-order valence-electron chi connectivity index (χ4n) is 5.34. The first-order chi connectivity index (χ1) is 14.2. The van der Waals surface area contributed by atoms with E-state index in [2.05, 4.69) is 78.9 Å². The number of nitrogens with zero attached hydrogens (tertiary/aromatic N) is 3. The molecule has 0 saturated heterocycles. The molecule has 3 heteroatoms. The molecule has 4 aromatic carbocycles. The summed E-state index contributed by atoms with van der Waals surface area (Å²) in [6.07, 6.45) is 1.72. The van der Waals surface area contributed by atoms with Crippen molar-refractivity contribution in [2.24, 2.45) is 0 Å². The standard InChI is InChI=1S/C26H17N3/c1-14-11-15(2)25-19(12-14)24-22-23(27-13-28-24)17-8-4-3-7-16(17)21-18-9-5-6-10-20(18)29(25)26(21)22/h3-13H,1-2H3. The van der Waals surface area contributed by atoms with E-state index in [4.69, 9.17) is 9.97 Å². The minimum Gasteiger partial charge on any atom is -0.308 e. The van der Waals surface area contributed by atoms with Crippen LogP contribution in [0, 0.1) is 13.8 Å². The molecule has 0 radical (unpaired) electrons. The lowest BCUT2D eigenvalue weighted by Gasteiger charge is -2.15. The summed E-state index contributed by atoms with van der Waals surface area (Å²) < 4.78 is 2.44. The Balaban J connectivity index is 2.04. The largest absolute Gasteiger partial charge is 0.308 e. The number of pyridine rings is 1. The molecular formula is C26H17N3. The van der Waals surface area contributed by atoms with Crippen molar-refractivity contribution in [1.29, 1.82) is 0 Å². The highest BCUT2D eigenvalue weighted by molar-refractivity contribution is 6.36. The van der Waals surface area contributed by atoms with Crippen LogP contribution in [0.25, 0.3) is 59.9 Å². The highest BCUT2D eigenvalue weighted by atomic mass is 14.9. The van der Waals surface area contributed by atoms with Gasteiger partial charge in [-0.1, -0.05) is 54.1 Å². The van der Waals surface area contributed by atoms with Crippen molar-refractivity contribution in [3.63, 3.8) is 0 Å². The second-order valence-electron chi connectivity index (χ2n) is 8.05. The van der Waals surface area contributed by atoms with Gasteiger partial charge in [-0.15, -0.1) is 0 Å². The van der Waals surface area contributed by atoms with Crippen LogP contribution in [0.1, 0.15) is 11.1 Å². The van der Waals surface area contributed by atoms with Gasteiger partial charge in [-0.05, 0) is 36.9 Å². The average molecular weight is 371 g/mol. The van der Waals surface area contributed by atoms with E-state index >= 15 is 0 Å². The molecule has 0 aliphatic carbocycles. The number of hydrogen-bond acceptors (Lipinski definition) is 2. The quantitative estimate of drug-likeness (QED) is 0.223. The minimum atomic E-state index is 1.03.